The van der Waals surface area contributed by atoms with E-state index in [0.29, 0.717) is 19.4 Å². The van der Waals surface area contributed by atoms with Crippen molar-refractivity contribution in [1.82, 2.24) is 5.32 Å². The molecule has 1 unspecified atom stereocenters. The van der Waals surface area contributed by atoms with Crippen LogP contribution in [-0.2, 0) is 9.53 Å². The third-order valence-electron chi connectivity index (χ3n) is 3.03. The Labute approximate surface area is 94.8 Å². The van der Waals surface area contributed by atoms with Crippen LogP contribution in [0.4, 0.5) is 0 Å². The first-order valence-electron chi connectivity index (χ1n) is 5.34. The van der Waals surface area contributed by atoms with Gasteiger partial charge in [0.2, 0.25) is 5.91 Å². The van der Waals surface area contributed by atoms with Crippen molar-refractivity contribution in [1.29, 1.82) is 0 Å². The van der Waals surface area contributed by atoms with E-state index in [4.69, 9.17) is 15.7 Å². The Morgan fingerprint density at radius 3 is 2.69 bits per heavy atom. The maximum Gasteiger partial charge on any atom is 0.234 e. The minimum Gasteiger partial charge on any atom is -0.409 e. The lowest BCUT2D eigenvalue weighted by Crippen LogP contribution is -2.56. The summed E-state index contributed by atoms with van der Waals surface area (Å²) in [6.07, 6.45) is 2.19. The van der Waals surface area contributed by atoms with Crippen molar-refractivity contribution in [3.8, 4) is 0 Å². The van der Waals surface area contributed by atoms with Gasteiger partial charge in [-0.25, -0.2) is 0 Å². The molecular weight excluding hydrogens is 210 g/mol. The van der Waals surface area contributed by atoms with Crippen LogP contribution in [0.15, 0.2) is 5.16 Å². The van der Waals surface area contributed by atoms with Crippen molar-refractivity contribution in [3.05, 3.63) is 0 Å². The fourth-order valence-corrected chi connectivity index (χ4v) is 1.88. The van der Waals surface area contributed by atoms with Crippen LogP contribution in [0.2, 0.25) is 0 Å². The number of ether oxygens (including phenoxy) is 1. The Balaban J connectivity index is 2.64. The molecule has 6 nitrogen and oxygen atoms in total. The van der Waals surface area contributed by atoms with E-state index in [1.165, 1.54) is 0 Å². The molecule has 4 N–H and O–H groups in total. The summed E-state index contributed by atoms with van der Waals surface area (Å²) in [6, 6.07) is -0.0820. The van der Waals surface area contributed by atoms with E-state index in [1.54, 1.807) is 7.11 Å². The summed E-state index contributed by atoms with van der Waals surface area (Å²) < 4.78 is 4.93. The molecule has 0 spiro atoms. The van der Waals surface area contributed by atoms with E-state index in [0.717, 1.165) is 6.42 Å². The topological polar surface area (TPSA) is 96.9 Å². The van der Waals surface area contributed by atoms with Gasteiger partial charge in [0.05, 0.1) is 6.61 Å². The number of oxime groups is 1. The number of methoxy groups -OCH3 is 1. The fourth-order valence-electron chi connectivity index (χ4n) is 1.88. The SMILES string of the molecule is COCC(C)NC(=O)C1(C(N)=NO)CCC1. The van der Waals surface area contributed by atoms with Crippen molar-refractivity contribution in [2.24, 2.45) is 16.3 Å². The largest absolute Gasteiger partial charge is 0.409 e. The second-order valence-electron chi connectivity index (χ2n) is 4.25. The molecule has 16 heavy (non-hydrogen) atoms. The minimum absolute atomic E-state index is 0.000803. The number of nitrogens with one attached hydrogen (secondary N) is 1. The van der Waals surface area contributed by atoms with Gasteiger partial charge in [0.15, 0.2) is 5.84 Å². The zero-order valence-corrected chi connectivity index (χ0v) is 9.69. The van der Waals surface area contributed by atoms with E-state index in [2.05, 4.69) is 10.5 Å². The van der Waals surface area contributed by atoms with Crippen molar-refractivity contribution in [2.75, 3.05) is 13.7 Å². The number of carbonyl (C=O) groups excluding carboxylic acids is 1. The molecule has 0 aromatic rings. The molecule has 0 aliphatic heterocycles. The van der Waals surface area contributed by atoms with E-state index in [-0.39, 0.29) is 17.8 Å². The van der Waals surface area contributed by atoms with Crippen LogP contribution < -0.4 is 11.1 Å². The maximum atomic E-state index is 12.0. The van der Waals surface area contributed by atoms with Gasteiger partial charge < -0.3 is 21.0 Å². The summed E-state index contributed by atoms with van der Waals surface area (Å²) in [5.74, 6) is -0.181. The van der Waals surface area contributed by atoms with Crippen LogP contribution >= 0.6 is 0 Å². The number of carbonyl (C=O) groups is 1. The van der Waals surface area contributed by atoms with E-state index < -0.39 is 5.41 Å². The van der Waals surface area contributed by atoms with Crippen LogP contribution in [0.5, 0.6) is 0 Å². The standard InChI is InChI=1S/C10H19N3O3/c1-7(6-16-2)12-9(14)10(4-3-5-10)8(11)13-15/h7,15H,3-6H2,1-2H3,(H2,11,13)(H,12,14). The normalized spacial score (nSPS) is 21.0. The predicted molar refractivity (Wildman–Crippen MR) is 59.2 cm³/mol. The van der Waals surface area contributed by atoms with Crippen LogP contribution in [0, 0.1) is 5.41 Å². The van der Waals surface area contributed by atoms with Crippen molar-refractivity contribution < 1.29 is 14.7 Å². The zero-order valence-electron chi connectivity index (χ0n) is 9.69. The Morgan fingerprint density at radius 1 is 1.69 bits per heavy atom. The molecule has 1 fully saturated rings. The molecule has 0 saturated heterocycles. The third-order valence-corrected chi connectivity index (χ3v) is 3.03. The molecule has 1 saturated carbocycles. The third kappa shape index (κ3) is 2.27. The van der Waals surface area contributed by atoms with Crippen LogP contribution in [0.25, 0.3) is 0 Å². The first kappa shape index (κ1) is 12.8. The Morgan fingerprint density at radius 2 is 2.31 bits per heavy atom. The quantitative estimate of drug-likeness (QED) is 0.269. The highest BCUT2D eigenvalue weighted by molar-refractivity contribution is 6.07. The van der Waals surface area contributed by atoms with Gasteiger partial charge in [-0.2, -0.15) is 0 Å². The molecule has 0 radical (unpaired) electrons. The zero-order chi connectivity index (χ0) is 12.2. The number of amidine groups is 1. The van der Waals surface area contributed by atoms with Gasteiger partial charge in [-0.1, -0.05) is 11.6 Å². The average molecular weight is 229 g/mol. The molecule has 6 heteroatoms. The monoisotopic (exact) mass is 229 g/mol. The highest BCUT2D eigenvalue weighted by atomic mass is 16.5. The lowest BCUT2D eigenvalue weighted by Gasteiger charge is -2.39. The second kappa shape index (κ2) is 5.16. The molecule has 0 bridgehead atoms. The summed E-state index contributed by atoms with van der Waals surface area (Å²) in [7, 11) is 1.57. The van der Waals surface area contributed by atoms with Gasteiger partial charge in [-0.15, -0.1) is 0 Å². The number of nitrogens with two attached hydrogens (primary N) is 1. The summed E-state index contributed by atoms with van der Waals surface area (Å²) in [5, 5.41) is 14.4. The molecule has 1 amide bonds. The van der Waals surface area contributed by atoms with E-state index >= 15 is 0 Å². The van der Waals surface area contributed by atoms with Crippen LogP contribution in [0.3, 0.4) is 0 Å². The molecule has 0 aromatic carbocycles. The highest BCUT2D eigenvalue weighted by Crippen LogP contribution is 2.41. The second-order valence-corrected chi connectivity index (χ2v) is 4.25. The molecule has 0 aromatic heterocycles. The fraction of sp³-hybridized carbons (Fsp3) is 0.800. The van der Waals surface area contributed by atoms with Crippen LogP contribution in [0.1, 0.15) is 26.2 Å². The molecule has 92 valence electrons. The summed E-state index contributed by atoms with van der Waals surface area (Å²) >= 11 is 0. The van der Waals surface area contributed by atoms with Gasteiger partial charge in [0.1, 0.15) is 5.41 Å². The number of nitrogens with zero attached hydrogens (tertiary/aromatic N) is 1. The summed E-state index contributed by atoms with van der Waals surface area (Å²) in [6.45, 7) is 2.29. The maximum absolute atomic E-state index is 12.0. The van der Waals surface area contributed by atoms with E-state index in [1.807, 2.05) is 6.92 Å². The van der Waals surface area contributed by atoms with Gasteiger partial charge in [0, 0.05) is 13.2 Å². The lowest BCUT2D eigenvalue weighted by atomic mass is 9.67. The van der Waals surface area contributed by atoms with Gasteiger partial charge in [0.25, 0.3) is 0 Å². The van der Waals surface area contributed by atoms with Gasteiger partial charge in [-0.05, 0) is 19.8 Å². The highest BCUT2D eigenvalue weighted by Gasteiger charge is 2.48. The number of hydrogen-bond acceptors (Lipinski definition) is 4. The first-order chi connectivity index (χ1) is 7.56. The molecule has 1 atom stereocenters. The van der Waals surface area contributed by atoms with Gasteiger partial charge in [-0.3, -0.25) is 4.79 Å². The lowest BCUT2D eigenvalue weighted by molar-refractivity contribution is -0.132. The molecule has 1 rings (SSSR count). The predicted octanol–water partition coefficient (Wildman–Crippen LogP) is 0.0542. The number of hydrogen-bond donors (Lipinski definition) is 3. The average Bonchev–Trinajstić information content (AvgIpc) is 2.15. The Hall–Kier alpha value is -1.30. The minimum atomic E-state index is -0.809. The smallest absolute Gasteiger partial charge is 0.234 e. The summed E-state index contributed by atoms with van der Waals surface area (Å²) in [5.41, 5.74) is 4.76. The Kier molecular flexibility index (Phi) is 4.12. The molecule has 0 heterocycles. The number of rotatable bonds is 5. The van der Waals surface area contributed by atoms with Crippen LogP contribution in [-0.4, -0.2) is 36.7 Å². The Bertz CT molecular complexity index is 287. The van der Waals surface area contributed by atoms with Crippen molar-refractivity contribution in [3.63, 3.8) is 0 Å². The van der Waals surface area contributed by atoms with Gasteiger partial charge >= 0.3 is 0 Å². The first-order valence-corrected chi connectivity index (χ1v) is 5.34. The number of amides is 1. The summed E-state index contributed by atoms with van der Waals surface area (Å²) in [4.78, 5) is 12.0. The molecular formula is C10H19N3O3. The van der Waals surface area contributed by atoms with Crippen molar-refractivity contribution >= 4 is 11.7 Å². The molecule has 1 aliphatic carbocycles. The van der Waals surface area contributed by atoms with E-state index in [9.17, 15) is 4.79 Å². The van der Waals surface area contributed by atoms with Crippen molar-refractivity contribution in [2.45, 2.75) is 32.2 Å². The molecule has 1 aliphatic rings.